The molecule has 0 spiro atoms. The van der Waals surface area contributed by atoms with Crippen LogP contribution in [-0.2, 0) is 32.0 Å². The van der Waals surface area contributed by atoms with Gasteiger partial charge in [0, 0.05) is 19.2 Å². The summed E-state index contributed by atoms with van der Waals surface area (Å²) in [5.74, 6) is -2.62. The zero-order chi connectivity index (χ0) is 23.8. The second-order valence-electron chi connectivity index (χ2n) is 7.92. The fourth-order valence-electron chi connectivity index (χ4n) is 3.77. The Kier molecular flexibility index (Phi) is 8.14. The topological polar surface area (TPSA) is 171 Å². The molecule has 3 amide bonds. The number of aromatic amines is 1. The molecule has 2 heterocycles. The summed E-state index contributed by atoms with van der Waals surface area (Å²) in [5, 5.41) is 14.5. The third-order valence-corrected chi connectivity index (χ3v) is 5.51. The van der Waals surface area contributed by atoms with Gasteiger partial charge in [0.1, 0.15) is 12.1 Å². The summed E-state index contributed by atoms with van der Waals surface area (Å²) >= 11 is 0. The quantitative estimate of drug-likeness (QED) is 0.311. The van der Waals surface area contributed by atoms with Gasteiger partial charge in [-0.05, 0) is 24.8 Å². The van der Waals surface area contributed by atoms with Crippen molar-refractivity contribution in [2.24, 2.45) is 5.73 Å². The van der Waals surface area contributed by atoms with E-state index in [1.165, 1.54) is 11.2 Å². The van der Waals surface area contributed by atoms with Crippen LogP contribution in [0.1, 0.15) is 24.1 Å². The third-order valence-electron chi connectivity index (χ3n) is 5.51. The Morgan fingerprint density at radius 2 is 1.97 bits per heavy atom. The standard InChI is InChI=1S/C22H28N6O5/c23-16(9-14-5-2-1-3-6-14)20(30)25-12-19(29)28-8-4-7-18(28)21(31)27-17(22(32)33)10-15-11-24-13-26-15/h1-3,5-6,11,13,16-18H,4,7-10,12,23H2,(H,24,26)(H,25,30)(H,27,31)(H,32,33)/t16-,17-,18-/m0/s1. The van der Waals surface area contributed by atoms with E-state index in [0.29, 0.717) is 31.5 Å². The van der Waals surface area contributed by atoms with Crippen LogP contribution in [0.25, 0.3) is 0 Å². The number of amides is 3. The highest BCUT2D eigenvalue weighted by Crippen LogP contribution is 2.18. The number of rotatable bonds is 10. The number of carbonyl (C=O) groups excluding carboxylic acids is 3. The van der Waals surface area contributed by atoms with Crippen LogP contribution in [0.5, 0.6) is 0 Å². The van der Waals surface area contributed by atoms with Crippen LogP contribution in [0.15, 0.2) is 42.9 Å². The van der Waals surface area contributed by atoms with Crippen LogP contribution < -0.4 is 16.4 Å². The predicted octanol–water partition coefficient (Wildman–Crippen LogP) is -0.801. The zero-order valence-electron chi connectivity index (χ0n) is 18.1. The van der Waals surface area contributed by atoms with Crippen molar-refractivity contribution in [1.29, 1.82) is 0 Å². The van der Waals surface area contributed by atoms with Crippen LogP contribution in [0, 0.1) is 0 Å². The average Bonchev–Trinajstić information content (AvgIpc) is 3.49. The lowest BCUT2D eigenvalue weighted by molar-refractivity contribution is -0.144. The maximum atomic E-state index is 12.7. The molecular weight excluding hydrogens is 428 g/mol. The van der Waals surface area contributed by atoms with Gasteiger partial charge in [0.2, 0.25) is 17.7 Å². The Labute approximate surface area is 190 Å². The van der Waals surface area contributed by atoms with Crippen LogP contribution in [0.2, 0.25) is 0 Å². The fourth-order valence-corrected chi connectivity index (χ4v) is 3.77. The molecule has 1 aromatic heterocycles. The van der Waals surface area contributed by atoms with Crippen molar-refractivity contribution in [3.8, 4) is 0 Å². The van der Waals surface area contributed by atoms with Crippen molar-refractivity contribution < 1.29 is 24.3 Å². The molecule has 6 N–H and O–H groups in total. The SMILES string of the molecule is N[C@@H](Cc1ccccc1)C(=O)NCC(=O)N1CCC[C@H]1C(=O)N[C@@H](Cc1c[nH]cn1)C(=O)O. The van der Waals surface area contributed by atoms with Crippen molar-refractivity contribution >= 4 is 23.7 Å². The van der Waals surface area contributed by atoms with E-state index in [1.807, 2.05) is 30.3 Å². The average molecular weight is 457 g/mol. The molecule has 1 aromatic carbocycles. The minimum absolute atomic E-state index is 0.0145. The number of nitrogens with zero attached hydrogens (tertiary/aromatic N) is 2. The van der Waals surface area contributed by atoms with Gasteiger partial charge in [-0.3, -0.25) is 14.4 Å². The number of carboxylic acid groups (broad SMARTS) is 1. The highest BCUT2D eigenvalue weighted by Gasteiger charge is 2.36. The summed E-state index contributed by atoms with van der Waals surface area (Å²) in [6.45, 7) is 0.0562. The third kappa shape index (κ3) is 6.62. The molecule has 1 aliphatic rings. The molecule has 1 fully saturated rings. The van der Waals surface area contributed by atoms with Crippen LogP contribution in [0.4, 0.5) is 0 Å². The number of nitrogens with two attached hydrogens (primary N) is 1. The molecule has 3 atom stereocenters. The smallest absolute Gasteiger partial charge is 0.326 e. The summed E-state index contributed by atoms with van der Waals surface area (Å²) in [6.07, 6.45) is 4.34. The number of H-pyrrole nitrogens is 1. The van der Waals surface area contributed by atoms with E-state index >= 15 is 0 Å². The zero-order valence-corrected chi connectivity index (χ0v) is 18.1. The lowest BCUT2D eigenvalue weighted by Gasteiger charge is -2.25. The van der Waals surface area contributed by atoms with Gasteiger partial charge in [0.15, 0.2) is 0 Å². The molecule has 11 heteroatoms. The maximum Gasteiger partial charge on any atom is 0.326 e. The minimum Gasteiger partial charge on any atom is -0.480 e. The molecule has 0 radical (unpaired) electrons. The summed E-state index contributed by atoms with van der Waals surface area (Å²) < 4.78 is 0. The Morgan fingerprint density at radius 3 is 2.64 bits per heavy atom. The maximum absolute atomic E-state index is 12.7. The van der Waals surface area contributed by atoms with Gasteiger partial charge >= 0.3 is 5.97 Å². The molecule has 1 saturated heterocycles. The van der Waals surface area contributed by atoms with Crippen LogP contribution in [0.3, 0.4) is 0 Å². The summed E-state index contributed by atoms with van der Waals surface area (Å²) in [5.41, 5.74) is 7.34. The van der Waals surface area contributed by atoms with Gasteiger partial charge in [-0.1, -0.05) is 30.3 Å². The Morgan fingerprint density at radius 1 is 1.21 bits per heavy atom. The van der Waals surface area contributed by atoms with Gasteiger partial charge in [-0.15, -0.1) is 0 Å². The Balaban J connectivity index is 1.51. The van der Waals surface area contributed by atoms with E-state index in [2.05, 4.69) is 20.6 Å². The number of carbonyl (C=O) groups is 4. The number of carboxylic acids is 1. The second kappa shape index (κ2) is 11.2. The monoisotopic (exact) mass is 456 g/mol. The number of likely N-dealkylation sites (tertiary alicyclic amines) is 1. The fraction of sp³-hybridized carbons (Fsp3) is 0.409. The number of aliphatic carboxylic acids is 1. The number of hydrogen-bond acceptors (Lipinski definition) is 6. The highest BCUT2D eigenvalue weighted by atomic mass is 16.4. The Bertz CT molecular complexity index is 965. The molecular formula is C22H28N6O5. The van der Waals surface area contributed by atoms with E-state index in [-0.39, 0.29) is 13.0 Å². The first-order chi connectivity index (χ1) is 15.8. The largest absolute Gasteiger partial charge is 0.480 e. The van der Waals surface area contributed by atoms with Crippen molar-refractivity contribution in [1.82, 2.24) is 25.5 Å². The number of aromatic nitrogens is 2. The number of nitrogens with one attached hydrogen (secondary N) is 3. The van der Waals surface area contributed by atoms with E-state index in [0.717, 1.165) is 5.56 Å². The summed E-state index contributed by atoms with van der Waals surface area (Å²) in [6, 6.07) is 6.52. The molecule has 0 unspecified atom stereocenters. The number of hydrogen-bond donors (Lipinski definition) is 5. The van der Waals surface area contributed by atoms with E-state index < -0.39 is 41.8 Å². The summed E-state index contributed by atoms with van der Waals surface area (Å²) in [7, 11) is 0. The highest BCUT2D eigenvalue weighted by molar-refractivity contribution is 5.93. The van der Waals surface area contributed by atoms with Crippen molar-refractivity contribution in [2.45, 2.75) is 43.8 Å². The van der Waals surface area contributed by atoms with Crippen molar-refractivity contribution in [2.75, 3.05) is 13.1 Å². The lowest BCUT2D eigenvalue weighted by Crippen LogP contribution is -2.53. The van der Waals surface area contributed by atoms with Gasteiger partial charge in [0.25, 0.3) is 0 Å². The molecule has 0 saturated carbocycles. The van der Waals surface area contributed by atoms with Crippen LogP contribution >= 0.6 is 0 Å². The molecule has 33 heavy (non-hydrogen) atoms. The van der Waals surface area contributed by atoms with Crippen LogP contribution in [-0.4, -0.2) is 74.9 Å². The van der Waals surface area contributed by atoms with E-state index in [4.69, 9.17) is 5.73 Å². The first-order valence-electron chi connectivity index (χ1n) is 10.7. The Hall–Kier alpha value is -3.73. The second-order valence-corrected chi connectivity index (χ2v) is 7.92. The normalized spacial score (nSPS) is 17.2. The molecule has 1 aliphatic heterocycles. The van der Waals surface area contributed by atoms with E-state index in [1.54, 1.807) is 6.20 Å². The molecule has 0 aliphatic carbocycles. The first-order valence-corrected chi connectivity index (χ1v) is 10.7. The van der Waals surface area contributed by atoms with Crippen molar-refractivity contribution in [3.05, 3.63) is 54.1 Å². The predicted molar refractivity (Wildman–Crippen MR) is 118 cm³/mol. The number of imidazole rings is 1. The van der Waals surface area contributed by atoms with Gasteiger partial charge < -0.3 is 31.4 Å². The number of benzene rings is 1. The van der Waals surface area contributed by atoms with E-state index in [9.17, 15) is 24.3 Å². The van der Waals surface area contributed by atoms with Gasteiger partial charge in [0.05, 0.1) is 24.6 Å². The van der Waals surface area contributed by atoms with Gasteiger partial charge in [-0.25, -0.2) is 9.78 Å². The molecule has 176 valence electrons. The lowest BCUT2D eigenvalue weighted by atomic mass is 10.1. The minimum atomic E-state index is -1.19. The van der Waals surface area contributed by atoms with Gasteiger partial charge in [-0.2, -0.15) is 0 Å². The molecule has 2 aromatic rings. The molecule has 11 nitrogen and oxygen atoms in total. The molecule has 3 rings (SSSR count). The van der Waals surface area contributed by atoms with Crippen molar-refractivity contribution in [3.63, 3.8) is 0 Å². The first kappa shape index (κ1) is 23.9. The summed E-state index contributed by atoms with van der Waals surface area (Å²) in [4.78, 5) is 57.4. The molecule has 0 bridgehead atoms.